The monoisotopic (exact) mass is 220 g/mol. The van der Waals surface area contributed by atoms with Gasteiger partial charge in [-0.3, -0.25) is 0 Å². The topological polar surface area (TPSA) is 20.2 Å². The molecule has 2 saturated carbocycles. The Balaban J connectivity index is 2.13. The van der Waals surface area contributed by atoms with Crippen LogP contribution in [-0.4, -0.2) is 10.7 Å². The second-order valence-corrected chi connectivity index (χ2v) is 7.44. The van der Waals surface area contributed by atoms with E-state index in [1.807, 2.05) is 6.92 Å². The molecule has 0 aromatic rings. The molecule has 1 heteroatoms. The molecule has 0 unspecified atom stereocenters. The first-order valence-corrected chi connectivity index (χ1v) is 6.68. The summed E-state index contributed by atoms with van der Waals surface area (Å²) in [6.07, 6.45) is 9.59. The van der Waals surface area contributed by atoms with Crippen LogP contribution in [0, 0.1) is 22.2 Å². The minimum atomic E-state index is -0.561. The van der Waals surface area contributed by atoms with Crippen LogP contribution in [0.25, 0.3) is 0 Å². The Labute approximate surface area is 98.9 Å². The van der Waals surface area contributed by atoms with Crippen LogP contribution in [-0.2, 0) is 0 Å². The molecule has 1 nitrogen and oxygen atoms in total. The van der Waals surface area contributed by atoms with E-state index in [0.29, 0.717) is 22.2 Å². The summed E-state index contributed by atoms with van der Waals surface area (Å²) in [6.45, 7) is 9.24. The molecule has 0 amide bonds. The zero-order chi connectivity index (χ0) is 11.8. The molecule has 0 aromatic heterocycles. The lowest BCUT2D eigenvalue weighted by Crippen LogP contribution is -2.49. The van der Waals surface area contributed by atoms with Gasteiger partial charge in [0.05, 0.1) is 5.60 Å². The third-order valence-corrected chi connectivity index (χ3v) is 6.18. The van der Waals surface area contributed by atoms with Crippen LogP contribution in [0.2, 0.25) is 0 Å². The van der Waals surface area contributed by atoms with E-state index in [0.717, 1.165) is 0 Å². The van der Waals surface area contributed by atoms with Crippen molar-refractivity contribution in [3.05, 3.63) is 12.2 Å². The van der Waals surface area contributed by atoms with E-state index in [9.17, 15) is 5.11 Å². The predicted molar refractivity (Wildman–Crippen MR) is 66.0 cm³/mol. The number of allylic oxidation sites excluding steroid dienone is 1. The molecule has 0 radical (unpaired) electrons. The first-order chi connectivity index (χ1) is 7.25. The van der Waals surface area contributed by atoms with Crippen LogP contribution >= 0.6 is 0 Å². The van der Waals surface area contributed by atoms with Crippen molar-refractivity contribution >= 4 is 0 Å². The lowest BCUT2D eigenvalue weighted by atomic mass is 9.50. The Morgan fingerprint density at radius 1 is 1.06 bits per heavy atom. The van der Waals surface area contributed by atoms with Crippen molar-refractivity contribution in [1.82, 2.24) is 0 Å². The van der Waals surface area contributed by atoms with Crippen molar-refractivity contribution in [1.29, 1.82) is 0 Å². The third-order valence-electron chi connectivity index (χ3n) is 6.18. The first kappa shape index (κ1) is 10.8. The molecule has 1 N–H and O–H groups in total. The average Bonchev–Trinajstić information content (AvgIpc) is 2.89. The molecule has 3 aliphatic carbocycles. The van der Waals surface area contributed by atoms with E-state index in [-0.39, 0.29) is 0 Å². The Bertz CT molecular complexity index is 366. The zero-order valence-electron chi connectivity index (χ0n) is 11.0. The largest absolute Gasteiger partial charge is 0.386 e. The third kappa shape index (κ3) is 0.971. The molecule has 3 rings (SSSR count). The number of aliphatic hydroxyl groups is 1. The van der Waals surface area contributed by atoms with Gasteiger partial charge in [0.1, 0.15) is 0 Å². The number of hydrogen-bond acceptors (Lipinski definition) is 1. The second-order valence-electron chi connectivity index (χ2n) is 7.44. The summed E-state index contributed by atoms with van der Waals surface area (Å²) in [7, 11) is 0. The summed E-state index contributed by atoms with van der Waals surface area (Å²) in [5.74, 6) is 0.491. The van der Waals surface area contributed by atoms with Crippen molar-refractivity contribution in [2.24, 2.45) is 22.2 Å². The van der Waals surface area contributed by atoms with Crippen molar-refractivity contribution in [3.63, 3.8) is 0 Å². The molecule has 0 bridgehead atoms. The highest BCUT2D eigenvalue weighted by Crippen LogP contribution is 2.80. The Hall–Kier alpha value is -0.300. The highest BCUT2D eigenvalue weighted by atomic mass is 16.3. The van der Waals surface area contributed by atoms with Gasteiger partial charge in [-0.1, -0.05) is 39.3 Å². The first-order valence-electron chi connectivity index (χ1n) is 6.68. The summed E-state index contributed by atoms with van der Waals surface area (Å²) in [5, 5.41) is 10.5. The summed E-state index contributed by atoms with van der Waals surface area (Å²) < 4.78 is 0. The fourth-order valence-corrected chi connectivity index (χ4v) is 5.17. The second kappa shape index (κ2) is 2.58. The van der Waals surface area contributed by atoms with E-state index in [2.05, 4.69) is 32.9 Å². The van der Waals surface area contributed by atoms with Gasteiger partial charge in [-0.15, -0.1) is 0 Å². The standard InChI is InChI=1S/C15H24O/c1-12(2)6-5-7-13(3)8-9-14(4,16)11-10-15(11,12)13/h8-9,11,16H,5-7,10H2,1-4H3/t11-,13-,14-,15-/m0/s1. The van der Waals surface area contributed by atoms with Crippen LogP contribution in [0.5, 0.6) is 0 Å². The molecule has 3 aliphatic rings. The van der Waals surface area contributed by atoms with Gasteiger partial charge in [-0.2, -0.15) is 0 Å². The maximum atomic E-state index is 10.5. The van der Waals surface area contributed by atoms with Gasteiger partial charge in [-0.25, -0.2) is 0 Å². The summed E-state index contributed by atoms with van der Waals surface area (Å²) >= 11 is 0. The van der Waals surface area contributed by atoms with Gasteiger partial charge in [-0.05, 0) is 48.3 Å². The normalized spacial score (nSPS) is 57.7. The molecule has 0 heterocycles. The molecule has 2 fully saturated rings. The maximum absolute atomic E-state index is 10.5. The Morgan fingerprint density at radius 2 is 1.75 bits per heavy atom. The van der Waals surface area contributed by atoms with Crippen LogP contribution in [0.1, 0.15) is 53.4 Å². The summed E-state index contributed by atoms with van der Waals surface area (Å²) in [6, 6.07) is 0. The van der Waals surface area contributed by atoms with Crippen molar-refractivity contribution in [2.75, 3.05) is 0 Å². The van der Waals surface area contributed by atoms with Crippen LogP contribution in [0.3, 0.4) is 0 Å². The van der Waals surface area contributed by atoms with E-state index in [1.54, 1.807) is 0 Å². The molecule has 0 saturated heterocycles. The SMILES string of the molecule is CC1(C)CCC[C@@]2(C)C=C[C@](C)(O)[C@@H]3C[C@]312. The maximum Gasteiger partial charge on any atom is 0.0833 e. The molecule has 4 atom stereocenters. The lowest BCUT2D eigenvalue weighted by molar-refractivity contribution is -0.0523. The van der Waals surface area contributed by atoms with Crippen LogP contribution in [0.4, 0.5) is 0 Å². The van der Waals surface area contributed by atoms with E-state index < -0.39 is 5.60 Å². The fraction of sp³-hybridized carbons (Fsp3) is 0.867. The minimum absolute atomic E-state index is 0.335. The Morgan fingerprint density at radius 3 is 2.44 bits per heavy atom. The van der Waals surface area contributed by atoms with Crippen LogP contribution in [0.15, 0.2) is 12.2 Å². The molecule has 0 aromatic carbocycles. The summed E-state index contributed by atoms with van der Waals surface area (Å²) in [5.41, 5.74) is 0.533. The minimum Gasteiger partial charge on any atom is -0.386 e. The average molecular weight is 220 g/mol. The predicted octanol–water partition coefficient (Wildman–Crippen LogP) is 3.53. The number of hydrogen-bond donors (Lipinski definition) is 1. The molecule has 0 aliphatic heterocycles. The van der Waals surface area contributed by atoms with Crippen molar-refractivity contribution in [3.8, 4) is 0 Å². The van der Waals surface area contributed by atoms with Gasteiger partial charge < -0.3 is 5.11 Å². The van der Waals surface area contributed by atoms with Gasteiger partial charge in [0.15, 0.2) is 0 Å². The van der Waals surface area contributed by atoms with E-state index in [4.69, 9.17) is 0 Å². The molecular weight excluding hydrogens is 196 g/mol. The van der Waals surface area contributed by atoms with Crippen molar-refractivity contribution < 1.29 is 5.11 Å². The van der Waals surface area contributed by atoms with Gasteiger partial charge in [0.25, 0.3) is 0 Å². The van der Waals surface area contributed by atoms with E-state index in [1.165, 1.54) is 25.7 Å². The quantitative estimate of drug-likeness (QED) is 0.619. The lowest BCUT2D eigenvalue weighted by Gasteiger charge is -2.55. The van der Waals surface area contributed by atoms with Gasteiger partial charge in [0, 0.05) is 0 Å². The molecule has 1 spiro atoms. The number of rotatable bonds is 0. The van der Waals surface area contributed by atoms with Crippen LogP contribution < -0.4 is 0 Å². The van der Waals surface area contributed by atoms with Gasteiger partial charge in [0.2, 0.25) is 0 Å². The van der Waals surface area contributed by atoms with E-state index >= 15 is 0 Å². The Kier molecular flexibility index (Phi) is 1.75. The van der Waals surface area contributed by atoms with Gasteiger partial charge >= 0.3 is 0 Å². The fourth-order valence-electron chi connectivity index (χ4n) is 5.17. The zero-order valence-corrected chi connectivity index (χ0v) is 11.0. The molecule has 16 heavy (non-hydrogen) atoms. The highest BCUT2D eigenvalue weighted by Gasteiger charge is 2.75. The smallest absolute Gasteiger partial charge is 0.0833 e. The van der Waals surface area contributed by atoms with Crippen molar-refractivity contribution in [2.45, 2.75) is 59.0 Å². The summed E-state index contributed by atoms with van der Waals surface area (Å²) in [4.78, 5) is 0. The molecule has 90 valence electrons. The molecular formula is C15H24O. The highest BCUT2D eigenvalue weighted by molar-refractivity contribution is 5.34.